The lowest BCUT2D eigenvalue weighted by Gasteiger charge is -2.02. The van der Waals surface area contributed by atoms with Gasteiger partial charge in [-0.25, -0.2) is 4.79 Å². The zero-order valence-corrected chi connectivity index (χ0v) is 14.4. The smallest absolute Gasteiger partial charge is 0.341 e. The van der Waals surface area contributed by atoms with Gasteiger partial charge in [0.05, 0.1) is 29.4 Å². The molecule has 0 aliphatic heterocycles. The van der Waals surface area contributed by atoms with Gasteiger partial charge >= 0.3 is 5.97 Å². The largest absolute Gasteiger partial charge is 0.457 e. The van der Waals surface area contributed by atoms with Gasteiger partial charge in [-0.3, -0.25) is 4.68 Å². The van der Waals surface area contributed by atoms with Gasteiger partial charge in [0.1, 0.15) is 12.7 Å². The normalized spacial score (nSPS) is 10.6. The molecule has 3 aromatic heterocycles. The molecule has 0 aliphatic carbocycles. The van der Waals surface area contributed by atoms with Crippen LogP contribution >= 0.6 is 0 Å². The van der Waals surface area contributed by atoms with Crippen molar-refractivity contribution in [2.24, 2.45) is 0 Å². The van der Waals surface area contributed by atoms with Crippen LogP contribution in [0.5, 0.6) is 0 Å². The van der Waals surface area contributed by atoms with Gasteiger partial charge in [0.25, 0.3) is 0 Å². The van der Waals surface area contributed by atoms with Crippen LogP contribution in [0.15, 0.2) is 73.3 Å². The van der Waals surface area contributed by atoms with Gasteiger partial charge < -0.3 is 9.14 Å². The number of ether oxygens (including phenoxy) is 1. The molecule has 0 saturated carbocycles. The van der Waals surface area contributed by atoms with Gasteiger partial charge in [-0.05, 0) is 17.7 Å². The van der Waals surface area contributed by atoms with Crippen LogP contribution in [0.4, 0.5) is 0 Å². The number of carbonyl (C=O) groups excluding carboxylic acids is 1. The van der Waals surface area contributed by atoms with E-state index >= 15 is 0 Å². The Labute approximate surface area is 155 Å². The molecule has 0 radical (unpaired) electrons. The van der Waals surface area contributed by atoms with E-state index in [1.54, 1.807) is 17.1 Å². The summed E-state index contributed by atoms with van der Waals surface area (Å²) in [7, 11) is 0. The lowest BCUT2D eigenvalue weighted by Crippen LogP contribution is -2.05. The van der Waals surface area contributed by atoms with Crippen molar-refractivity contribution in [3.63, 3.8) is 0 Å². The third-order valence-corrected chi connectivity index (χ3v) is 4.29. The number of nitriles is 1. The van der Waals surface area contributed by atoms with Gasteiger partial charge in [-0.2, -0.15) is 10.4 Å². The molecule has 4 aromatic rings. The van der Waals surface area contributed by atoms with Gasteiger partial charge in [0.15, 0.2) is 0 Å². The van der Waals surface area contributed by atoms with Crippen LogP contribution in [0.3, 0.4) is 0 Å². The van der Waals surface area contributed by atoms with E-state index in [0.717, 1.165) is 11.1 Å². The number of rotatable bonds is 5. The Morgan fingerprint density at radius 1 is 1.11 bits per heavy atom. The summed E-state index contributed by atoms with van der Waals surface area (Å²) in [5.41, 5.74) is 3.46. The number of hydrogen-bond acceptors (Lipinski definition) is 4. The van der Waals surface area contributed by atoms with Crippen molar-refractivity contribution in [1.82, 2.24) is 14.2 Å². The second-order valence-electron chi connectivity index (χ2n) is 6.12. The summed E-state index contributed by atoms with van der Waals surface area (Å²) in [5.74, 6) is -0.464. The van der Waals surface area contributed by atoms with Crippen LogP contribution < -0.4 is 0 Å². The zero-order valence-electron chi connectivity index (χ0n) is 14.4. The average Bonchev–Trinajstić information content (AvgIpc) is 3.31. The fraction of sp³-hybridized carbons (Fsp3) is 0.0952. The van der Waals surface area contributed by atoms with E-state index < -0.39 is 5.97 Å². The molecule has 0 N–H and O–H groups in total. The van der Waals surface area contributed by atoms with Crippen LogP contribution in [0.25, 0.3) is 5.52 Å². The summed E-state index contributed by atoms with van der Waals surface area (Å²) in [6.45, 7) is 0.616. The molecule has 0 fully saturated rings. The molecule has 132 valence electrons. The highest BCUT2D eigenvalue weighted by molar-refractivity contribution is 5.88. The molecule has 3 heterocycles. The van der Waals surface area contributed by atoms with Crippen molar-refractivity contribution in [3.8, 4) is 6.07 Å². The Balaban J connectivity index is 1.45. The molecule has 6 heteroatoms. The molecule has 0 aliphatic rings. The Morgan fingerprint density at radius 3 is 2.74 bits per heavy atom. The van der Waals surface area contributed by atoms with Crippen molar-refractivity contribution < 1.29 is 9.53 Å². The minimum Gasteiger partial charge on any atom is -0.457 e. The highest BCUT2D eigenvalue weighted by atomic mass is 16.5. The highest BCUT2D eigenvalue weighted by Gasteiger charge is 2.14. The van der Waals surface area contributed by atoms with Crippen LogP contribution in [-0.2, 0) is 17.9 Å². The Morgan fingerprint density at radius 2 is 1.93 bits per heavy atom. The first kappa shape index (κ1) is 16.6. The minimum atomic E-state index is -0.464. The second kappa shape index (κ2) is 7.18. The number of aromatic nitrogens is 3. The van der Waals surface area contributed by atoms with E-state index in [4.69, 9.17) is 4.74 Å². The molecule has 0 bridgehead atoms. The molecule has 0 unspecified atom stereocenters. The summed E-state index contributed by atoms with van der Waals surface area (Å²) in [6, 6.07) is 17.7. The lowest BCUT2D eigenvalue weighted by molar-refractivity contribution is 0.0472. The van der Waals surface area contributed by atoms with E-state index in [9.17, 15) is 10.1 Å². The average molecular weight is 356 g/mol. The number of fused-ring (bicyclic) bond motifs is 1. The molecular weight excluding hydrogens is 340 g/mol. The van der Waals surface area contributed by atoms with E-state index in [1.807, 2.05) is 59.1 Å². The predicted octanol–water partition coefficient (Wildman–Crippen LogP) is 3.41. The van der Waals surface area contributed by atoms with Crippen molar-refractivity contribution in [3.05, 3.63) is 95.6 Å². The molecule has 0 amide bonds. The molecule has 1 aromatic carbocycles. The number of pyridine rings is 1. The molecule has 0 saturated heterocycles. The maximum Gasteiger partial charge on any atom is 0.341 e. The topological polar surface area (TPSA) is 72.3 Å². The van der Waals surface area contributed by atoms with Gasteiger partial charge in [0, 0.05) is 24.2 Å². The Hall–Kier alpha value is -3.85. The standard InChI is InChI=1S/C21H16N4O2/c22-10-19-18(13-24-9-5-4-8-20(19)24)15-27-21(26)17-11-23-25(14-17)12-16-6-2-1-3-7-16/h1-9,11,13-14H,12,15H2. The third kappa shape index (κ3) is 3.44. The molecule has 0 spiro atoms. The van der Waals surface area contributed by atoms with Crippen molar-refractivity contribution >= 4 is 11.5 Å². The van der Waals surface area contributed by atoms with Crippen LogP contribution in [0, 0.1) is 11.3 Å². The second-order valence-corrected chi connectivity index (χ2v) is 6.12. The number of nitrogens with zero attached hydrogens (tertiary/aromatic N) is 4. The third-order valence-electron chi connectivity index (χ3n) is 4.29. The quantitative estimate of drug-likeness (QED) is 0.514. The number of hydrogen-bond donors (Lipinski definition) is 0. The number of carbonyl (C=O) groups is 1. The van der Waals surface area contributed by atoms with Crippen LogP contribution in [0.1, 0.15) is 27.0 Å². The van der Waals surface area contributed by atoms with E-state index in [-0.39, 0.29) is 6.61 Å². The summed E-state index contributed by atoms with van der Waals surface area (Å²) >= 11 is 0. The summed E-state index contributed by atoms with van der Waals surface area (Å²) < 4.78 is 8.93. The maximum absolute atomic E-state index is 12.3. The van der Waals surface area contributed by atoms with Crippen LogP contribution in [-0.4, -0.2) is 20.2 Å². The maximum atomic E-state index is 12.3. The van der Waals surface area contributed by atoms with Crippen molar-refractivity contribution in [2.75, 3.05) is 0 Å². The first-order chi connectivity index (χ1) is 13.2. The van der Waals surface area contributed by atoms with Crippen molar-refractivity contribution in [2.45, 2.75) is 13.2 Å². The first-order valence-corrected chi connectivity index (χ1v) is 8.47. The van der Waals surface area contributed by atoms with Gasteiger partial charge in [0.2, 0.25) is 0 Å². The van der Waals surface area contributed by atoms with Gasteiger partial charge in [-0.15, -0.1) is 0 Å². The predicted molar refractivity (Wildman–Crippen MR) is 99.0 cm³/mol. The first-order valence-electron chi connectivity index (χ1n) is 8.47. The minimum absolute atomic E-state index is 0.0350. The lowest BCUT2D eigenvalue weighted by atomic mass is 10.2. The van der Waals surface area contributed by atoms with Gasteiger partial charge in [-0.1, -0.05) is 36.4 Å². The fourth-order valence-corrected chi connectivity index (χ4v) is 2.97. The molecule has 6 nitrogen and oxygen atoms in total. The Bertz CT molecular complexity index is 1140. The molecule has 4 rings (SSSR count). The molecule has 0 atom stereocenters. The fourth-order valence-electron chi connectivity index (χ4n) is 2.97. The van der Waals surface area contributed by atoms with E-state index in [2.05, 4.69) is 11.2 Å². The zero-order chi connectivity index (χ0) is 18.6. The molecular formula is C21H16N4O2. The Kier molecular flexibility index (Phi) is 4.42. The summed E-state index contributed by atoms with van der Waals surface area (Å²) in [6.07, 6.45) is 6.82. The number of benzene rings is 1. The van der Waals surface area contributed by atoms with Crippen molar-refractivity contribution in [1.29, 1.82) is 5.26 Å². The SMILES string of the molecule is N#Cc1c(COC(=O)c2cnn(Cc3ccccc3)c2)cn2ccccc12. The molecule has 27 heavy (non-hydrogen) atoms. The van der Waals surface area contributed by atoms with Crippen LogP contribution in [0.2, 0.25) is 0 Å². The monoisotopic (exact) mass is 356 g/mol. The number of esters is 1. The highest BCUT2D eigenvalue weighted by Crippen LogP contribution is 2.19. The van der Waals surface area contributed by atoms with E-state index in [1.165, 1.54) is 6.20 Å². The summed E-state index contributed by atoms with van der Waals surface area (Å²) in [4.78, 5) is 12.3. The van der Waals surface area contributed by atoms with E-state index in [0.29, 0.717) is 23.2 Å². The summed E-state index contributed by atoms with van der Waals surface area (Å²) in [5, 5.41) is 13.6.